The van der Waals surface area contributed by atoms with Gasteiger partial charge in [-0.3, -0.25) is 4.79 Å². The van der Waals surface area contributed by atoms with Crippen molar-refractivity contribution in [3.8, 4) is 0 Å². The smallest absolute Gasteiger partial charge is 0.253 e. The molecule has 1 aromatic carbocycles. The zero-order chi connectivity index (χ0) is 12.0. The number of rotatable bonds is 5. The number of nitrogens with zero attached hydrogens (tertiary/aromatic N) is 1. The maximum atomic E-state index is 12.1. The third-order valence-corrected chi connectivity index (χ3v) is 2.71. The van der Waals surface area contributed by atoms with E-state index in [2.05, 4.69) is 5.32 Å². The maximum Gasteiger partial charge on any atom is 0.253 e. The molecule has 3 nitrogen and oxygen atoms in total. The van der Waals surface area contributed by atoms with Crippen LogP contribution in [0.15, 0.2) is 24.3 Å². The normalized spacial score (nSPS) is 10.2. The van der Waals surface area contributed by atoms with Gasteiger partial charge in [-0.2, -0.15) is 0 Å². The minimum absolute atomic E-state index is 0.106. The van der Waals surface area contributed by atoms with Gasteiger partial charge in [0.05, 0.1) is 0 Å². The van der Waals surface area contributed by atoms with Crippen LogP contribution in [0.5, 0.6) is 0 Å². The molecule has 0 atom stereocenters. The standard InChI is InChI=1S/C13H20N2O/c1-4-15(3)13(16)12-8-6-5-7-11(12)9-10-14-2/h5-8,14H,4,9-10H2,1-3H3. The van der Waals surface area contributed by atoms with Crippen LogP contribution in [-0.4, -0.2) is 38.0 Å². The first-order valence-electron chi connectivity index (χ1n) is 5.68. The second-order valence-electron chi connectivity index (χ2n) is 3.83. The first-order valence-corrected chi connectivity index (χ1v) is 5.68. The molecule has 0 aliphatic heterocycles. The van der Waals surface area contributed by atoms with Crippen molar-refractivity contribution in [1.29, 1.82) is 0 Å². The van der Waals surface area contributed by atoms with Gasteiger partial charge in [0.15, 0.2) is 0 Å². The van der Waals surface area contributed by atoms with Crippen molar-refractivity contribution in [2.45, 2.75) is 13.3 Å². The summed E-state index contributed by atoms with van der Waals surface area (Å²) in [4.78, 5) is 13.8. The Morgan fingerprint density at radius 3 is 2.69 bits per heavy atom. The fraction of sp³-hybridized carbons (Fsp3) is 0.462. The third kappa shape index (κ3) is 3.07. The van der Waals surface area contributed by atoms with Crippen LogP contribution in [0.4, 0.5) is 0 Å². The number of likely N-dealkylation sites (N-methyl/N-ethyl adjacent to an activating group) is 1. The molecule has 0 spiro atoms. The van der Waals surface area contributed by atoms with Crippen molar-refractivity contribution in [1.82, 2.24) is 10.2 Å². The highest BCUT2D eigenvalue weighted by Crippen LogP contribution is 2.11. The van der Waals surface area contributed by atoms with Gasteiger partial charge in [-0.1, -0.05) is 18.2 Å². The van der Waals surface area contributed by atoms with Gasteiger partial charge in [0.25, 0.3) is 5.91 Å². The number of carbonyl (C=O) groups is 1. The van der Waals surface area contributed by atoms with E-state index in [1.807, 2.05) is 45.3 Å². The number of carbonyl (C=O) groups excluding carboxylic acids is 1. The monoisotopic (exact) mass is 220 g/mol. The van der Waals surface area contributed by atoms with Gasteiger partial charge in [0.2, 0.25) is 0 Å². The van der Waals surface area contributed by atoms with E-state index in [4.69, 9.17) is 0 Å². The van der Waals surface area contributed by atoms with Crippen molar-refractivity contribution in [3.05, 3.63) is 35.4 Å². The highest BCUT2D eigenvalue weighted by atomic mass is 16.2. The lowest BCUT2D eigenvalue weighted by molar-refractivity contribution is 0.0801. The topological polar surface area (TPSA) is 32.3 Å². The fourth-order valence-corrected chi connectivity index (χ4v) is 1.56. The number of benzene rings is 1. The summed E-state index contributed by atoms with van der Waals surface area (Å²) in [6.45, 7) is 3.60. The molecular formula is C13H20N2O. The van der Waals surface area contributed by atoms with Crippen LogP contribution in [0.2, 0.25) is 0 Å². The van der Waals surface area contributed by atoms with E-state index >= 15 is 0 Å². The third-order valence-electron chi connectivity index (χ3n) is 2.71. The van der Waals surface area contributed by atoms with Gasteiger partial charge in [-0.25, -0.2) is 0 Å². The van der Waals surface area contributed by atoms with Crippen molar-refractivity contribution >= 4 is 5.91 Å². The van der Waals surface area contributed by atoms with Crippen LogP contribution < -0.4 is 5.32 Å². The first-order chi connectivity index (χ1) is 7.70. The summed E-state index contributed by atoms with van der Waals surface area (Å²) in [6, 6.07) is 7.82. The largest absolute Gasteiger partial charge is 0.342 e. The number of hydrogen-bond acceptors (Lipinski definition) is 2. The lowest BCUT2D eigenvalue weighted by Gasteiger charge is -2.16. The van der Waals surface area contributed by atoms with Gasteiger partial charge in [0.1, 0.15) is 0 Å². The summed E-state index contributed by atoms with van der Waals surface area (Å²) in [6.07, 6.45) is 0.885. The highest BCUT2D eigenvalue weighted by molar-refractivity contribution is 5.95. The second-order valence-corrected chi connectivity index (χ2v) is 3.83. The number of amides is 1. The Hall–Kier alpha value is -1.35. The average Bonchev–Trinajstić information content (AvgIpc) is 2.34. The molecule has 3 heteroatoms. The quantitative estimate of drug-likeness (QED) is 0.816. The fourth-order valence-electron chi connectivity index (χ4n) is 1.56. The highest BCUT2D eigenvalue weighted by Gasteiger charge is 2.13. The van der Waals surface area contributed by atoms with Crippen molar-refractivity contribution in [2.75, 3.05) is 27.2 Å². The predicted molar refractivity (Wildman–Crippen MR) is 66.7 cm³/mol. The summed E-state index contributed by atoms with van der Waals surface area (Å²) in [7, 11) is 3.75. The van der Waals surface area contributed by atoms with E-state index in [1.165, 1.54) is 0 Å². The molecule has 0 aliphatic rings. The summed E-state index contributed by atoms with van der Waals surface area (Å²) in [5.74, 6) is 0.106. The molecule has 0 bridgehead atoms. The number of nitrogens with one attached hydrogen (secondary N) is 1. The van der Waals surface area contributed by atoms with Gasteiger partial charge < -0.3 is 10.2 Å². The molecule has 1 rings (SSSR count). The van der Waals surface area contributed by atoms with Crippen LogP contribution in [0.25, 0.3) is 0 Å². The zero-order valence-electron chi connectivity index (χ0n) is 10.3. The molecule has 0 aromatic heterocycles. The van der Waals surface area contributed by atoms with E-state index < -0.39 is 0 Å². The summed E-state index contributed by atoms with van der Waals surface area (Å²) in [5, 5.41) is 3.10. The minimum Gasteiger partial charge on any atom is -0.342 e. The molecular weight excluding hydrogens is 200 g/mol. The molecule has 0 radical (unpaired) electrons. The Kier molecular flexibility index (Phi) is 4.99. The summed E-state index contributed by atoms with van der Waals surface area (Å²) < 4.78 is 0. The van der Waals surface area contributed by atoms with Crippen LogP contribution in [0.3, 0.4) is 0 Å². The van der Waals surface area contributed by atoms with Crippen LogP contribution >= 0.6 is 0 Å². The van der Waals surface area contributed by atoms with Crippen LogP contribution in [0.1, 0.15) is 22.8 Å². The minimum atomic E-state index is 0.106. The SMILES string of the molecule is CCN(C)C(=O)c1ccccc1CCNC. The summed E-state index contributed by atoms with van der Waals surface area (Å²) >= 11 is 0. The van der Waals surface area contributed by atoms with Gasteiger partial charge >= 0.3 is 0 Å². The Bertz CT molecular complexity index is 350. The number of hydrogen-bond donors (Lipinski definition) is 1. The van der Waals surface area contributed by atoms with E-state index in [9.17, 15) is 4.79 Å². The zero-order valence-corrected chi connectivity index (χ0v) is 10.3. The molecule has 0 unspecified atom stereocenters. The Morgan fingerprint density at radius 2 is 2.06 bits per heavy atom. The predicted octanol–water partition coefficient (Wildman–Crippen LogP) is 1.54. The van der Waals surface area contributed by atoms with Gasteiger partial charge in [0, 0.05) is 19.2 Å². The molecule has 0 fully saturated rings. The first kappa shape index (κ1) is 12.7. The van der Waals surface area contributed by atoms with Gasteiger partial charge in [-0.15, -0.1) is 0 Å². The maximum absolute atomic E-state index is 12.1. The van der Waals surface area contributed by atoms with Crippen molar-refractivity contribution < 1.29 is 4.79 Å². The Balaban J connectivity index is 2.89. The van der Waals surface area contributed by atoms with Crippen LogP contribution in [0, 0.1) is 0 Å². The molecule has 88 valence electrons. The van der Waals surface area contributed by atoms with E-state index in [0.29, 0.717) is 0 Å². The van der Waals surface area contributed by atoms with Crippen molar-refractivity contribution in [3.63, 3.8) is 0 Å². The van der Waals surface area contributed by atoms with E-state index in [1.54, 1.807) is 4.90 Å². The molecule has 0 heterocycles. The Morgan fingerprint density at radius 1 is 1.38 bits per heavy atom. The van der Waals surface area contributed by atoms with E-state index in [0.717, 1.165) is 30.6 Å². The molecule has 1 amide bonds. The molecule has 0 aliphatic carbocycles. The lowest BCUT2D eigenvalue weighted by atomic mass is 10.0. The molecule has 0 saturated heterocycles. The summed E-state index contributed by atoms with van der Waals surface area (Å²) in [5.41, 5.74) is 1.93. The molecule has 0 saturated carbocycles. The van der Waals surface area contributed by atoms with Crippen LogP contribution in [-0.2, 0) is 6.42 Å². The molecule has 16 heavy (non-hydrogen) atoms. The molecule has 1 aromatic rings. The Labute approximate surface area is 97.5 Å². The van der Waals surface area contributed by atoms with Crippen molar-refractivity contribution in [2.24, 2.45) is 0 Å². The molecule has 1 N–H and O–H groups in total. The lowest BCUT2D eigenvalue weighted by Crippen LogP contribution is -2.27. The average molecular weight is 220 g/mol. The second kappa shape index (κ2) is 6.28. The van der Waals surface area contributed by atoms with Gasteiger partial charge in [-0.05, 0) is 38.6 Å². The van der Waals surface area contributed by atoms with E-state index in [-0.39, 0.29) is 5.91 Å².